The summed E-state index contributed by atoms with van der Waals surface area (Å²) in [6.07, 6.45) is 5.34. The molecule has 0 aliphatic heterocycles. The Morgan fingerprint density at radius 3 is 2.48 bits per heavy atom. The standard InChI is InChI=1S/C18H25FN2O2/c1-14(22)20-12-4-2-3-5-18(23)21(17-10-11-17)13-15-6-8-16(19)9-7-15/h6-9,17H,2-5,10-13H2,1H3,(H,20,22). The SMILES string of the molecule is CC(=O)NCCCCCC(=O)N(Cc1ccc(F)cc1)C1CC1. The Hall–Kier alpha value is -1.91. The van der Waals surface area contributed by atoms with Gasteiger partial charge in [0.05, 0.1) is 0 Å². The average molecular weight is 320 g/mol. The number of halogens is 1. The van der Waals surface area contributed by atoms with Crippen molar-refractivity contribution < 1.29 is 14.0 Å². The summed E-state index contributed by atoms with van der Waals surface area (Å²) in [6, 6.07) is 6.71. The van der Waals surface area contributed by atoms with E-state index in [1.54, 1.807) is 12.1 Å². The van der Waals surface area contributed by atoms with E-state index in [1.807, 2.05) is 4.90 Å². The molecule has 1 aliphatic rings. The van der Waals surface area contributed by atoms with E-state index in [9.17, 15) is 14.0 Å². The minimum atomic E-state index is -0.253. The van der Waals surface area contributed by atoms with Crippen molar-refractivity contribution in [2.45, 2.75) is 58.0 Å². The zero-order chi connectivity index (χ0) is 16.7. The highest BCUT2D eigenvalue weighted by atomic mass is 19.1. The van der Waals surface area contributed by atoms with Gasteiger partial charge in [0.1, 0.15) is 5.82 Å². The molecule has 0 atom stereocenters. The van der Waals surface area contributed by atoms with Crippen LogP contribution in [-0.4, -0.2) is 29.3 Å². The van der Waals surface area contributed by atoms with Crippen LogP contribution in [0.25, 0.3) is 0 Å². The summed E-state index contributed by atoms with van der Waals surface area (Å²) in [5.41, 5.74) is 0.970. The molecule has 1 aliphatic carbocycles. The van der Waals surface area contributed by atoms with Crippen LogP contribution in [0.15, 0.2) is 24.3 Å². The summed E-state index contributed by atoms with van der Waals surface area (Å²) >= 11 is 0. The van der Waals surface area contributed by atoms with E-state index in [0.29, 0.717) is 25.6 Å². The van der Waals surface area contributed by atoms with E-state index < -0.39 is 0 Å². The van der Waals surface area contributed by atoms with E-state index in [2.05, 4.69) is 5.32 Å². The maximum absolute atomic E-state index is 13.0. The van der Waals surface area contributed by atoms with Gasteiger partial charge in [-0.3, -0.25) is 9.59 Å². The third-order valence-corrected chi connectivity index (χ3v) is 4.02. The van der Waals surface area contributed by atoms with Crippen molar-refractivity contribution in [3.05, 3.63) is 35.6 Å². The number of unbranched alkanes of at least 4 members (excludes halogenated alkanes) is 2. The summed E-state index contributed by atoms with van der Waals surface area (Å²) in [6.45, 7) is 2.74. The summed E-state index contributed by atoms with van der Waals surface area (Å²) in [5.74, 6) is -0.0890. The zero-order valence-corrected chi connectivity index (χ0v) is 13.7. The number of carbonyl (C=O) groups excluding carboxylic acids is 2. The first-order valence-corrected chi connectivity index (χ1v) is 8.34. The second kappa shape index (κ2) is 8.65. The van der Waals surface area contributed by atoms with Gasteiger partial charge < -0.3 is 10.2 Å². The quantitative estimate of drug-likeness (QED) is 0.711. The molecule has 5 heteroatoms. The summed E-state index contributed by atoms with van der Waals surface area (Å²) in [7, 11) is 0. The average Bonchev–Trinajstić information content (AvgIpc) is 3.34. The third-order valence-electron chi connectivity index (χ3n) is 4.02. The Morgan fingerprint density at radius 1 is 1.17 bits per heavy atom. The highest BCUT2D eigenvalue weighted by Gasteiger charge is 2.32. The molecule has 4 nitrogen and oxygen atoms in total. The van der Waals surface area contributed by atoms with Gasteiger partial charge in [-0.05, 0) is 43.4 Å². The molecule has 0 radical (unpaired) electrons. The molecule has 1 fully saturated rings. The Bertz CT molecular complexity index is 526. The van der Waals surface area contributed by atoms with Gasteiger partial charge in [0, 0.05) is 32.5 Å². The van der Waals surface area contributed by atoms with Crippen molar-refractivity contribution in [2.75, 3.05) is 6.54 Å². The van der Waals surface area contributed by atoms with Crippen LogP contribution in [0.5, 0.6) is 0 Å². The molecule has 0 heterocycles. The van der Waals surface area contributed by atoms with Crippen LogP contribution < -0.4 is 5.32 Å². The number of amides is 2. The van der Waals surface area contributed by atoms with E-state index >= 15 is 0 Å². The molecular weight excluding hydrogens is 295 g/mol. The lowest BCUT2D eigenvalue weighted by Gasteiger charge is -2.22. The van der Waals surface area contributed by atoms with Gasteiger partial charge >= 0.3 is 0 Å². The lowest BCUT2D eigenvalue weighted by molar-refractivity contribution is -0.132. The lowest BCUT2D eigenvalue weighted by atomic mass is 10.1. The van der Waals surface area contributed by atoms with Crippen LogP contribution in [0.4, 0.5) is 4.39 Å². The van der Waals surface area contributed by atoms with Crippen LogP contribution >= 0.6 is 0 Å². The van der Waals surface area contributed by atoms with Crippen molar-refractivity contribution in [3.63, 3.8) is 0 Å². The zero-order valence-electron chi connectivity index (χ0n) is 13.7. The molecular formula is C18H25FN2O2. The highest BCUT2D eigenvalue weighted by molar-refractivity contribution is 5.76. The van der Waals surface area contributed by atoms with Crippen molar-refractivity contribution in [1.82, 2.24) is 10.2 Å². The van der Waals surface area contributed by atoms with Crippen molar-refractivity contribution in [1.29, 1.82) is 0 Å². The first kappa shape index (κ1) is 17.4. The van der Waals surface area contributed by atoms with E-state index in [0.717, 1.165) is 37.7 Å². The number of rotatable bonds is 9. The fourth-order valence-corrected chi connectivity index (χ4v) is 2.58. The number of nitrogens with one attached hydrogen (secondary N) is 1. The molecule has 0 saturated heterocycles. The summed E-state index contributed by atoms with van der Waals surface area (Å²) in [4.78, 5) is 25.1. The monoisotopic (exact) mass is 320 g/mol. The van der Waals surface area contributed by atoms with E-state index in [4.69, 9.17) is 0 Å². The molecule has 1 aromatic carbocycles. The molecule has 2 amide bonds. The molecule has 0 unspecified atom stereocenters. The van der Waals surface area contributed by atoms with Gasteiger partial charge in [-0.15, -0.1) is 0 Å². The first-order valence-electron chi connectivity index (χ1n) is 8.34. The predicted octanol–water partition coefficient (Wildman–Crippen LogP) is 3.01. The molecule has 23 heavy (non-hydrogen) atoms. The second-order valence-electron chi connectivity index (χ2n) is 6.17. The second-order valence-corrected chi connectivity index (χ2v) is 6.17. The van der Waals surface area contributed by atoms with Crippen molar-refractivity contribution in [2.24, 2.45) is 0 Å². The maximum atomic E-state index is 13.0. The minimum Gasteiger partial charge on any atom is -0.356 e. The molecule has 1 N–H and O–H groups in total. The van der Waals surface area contributed by atoms with Gasteiger partial charge in [-0.25, -0.2) is 4.39 Å². The number of hydrogen-bond acceptors (Lipinski definition) is 2. The van der Waals surface area contributed by atoms with Crippen molar-refractivity contribution in [3.8, 4) is 0 Å². The molecule has 0 aromatic heterocycles. The largest absolute Gasteiger partial charge is 0.356 e. The fourth-order valence-electron chi connectivity index (χ4n) is 2.58. The highest BCUT2D eigenvalue weighted by Crippen LogP contribution is 2.29. The number of carbonyl (C=O) groups is 2. The Morgan fingerprint density at radius 2 is 1.87 bits per heavy atom. The van der Waals surface area contributed by atoms with Crippen LogP contribution in [0.2, 0.25) is 0 Å². The summed E-state index contributed by atoms with van der Waals surface area (Å²) < 4.78 is 13.0. The third kappa shape index (κ3) is 6.38. The van der Waals surface area contributed by atoms with Gasteiger partial charge in [0.15, 0.2) is 0 Å². The normalized spacial score (nSPS) is 13.7. The summed E-state index contributed by atoms with van der Waals surface area (Å²) in [5, 5.41) is 2.76. The number of hydrogen-bond donors (Lipinski definition) is 1. The molecule has 0 bridgehead atoms. The molecule has 2 rings (SSSR count). The number of nitrogens with zero attached hydrogens (tertiary/aromatic N) is 1. The molecule has 1 aromatic rings. The van der Waals surface area contributed by atoms with Crippen molar-refractivity contribution >= 4 is 11.8 Å². The van der Waals surface area contributed by atoms with Gasteiger partial charge in [-0.2, -0.15) is 0 Å². The Kier molecular flexibility index (Phi) is 6.56. The smallest absolute Gasteiger partial charge is 0.223 e. The van der Waals surface area contributed by atoms with Gasteiger partial charge in [0.2, 0.25) is 11.8 Å². The molecule has 126 valence electrons. The Labute approximate surface area is 137 Å². The molecule has 0 spiro atoms. The molecule has 1 saturated carbocycles. The van der Waals surface area contributed by atoms with Gasteiger partial charge in [0.25, 0.3) is 0 Å². The van der Waals surface area contributed by atoms with Crippen LogP contribution in [0.3, 0.4) is 0 Å². The maximum Gasteiger partial charge on any atom is 0.223 e. The fraction of sp³-hybridized carbons (Fsp3) is 0.556. The minimum absolute atomic E-state index is 0.0136. The van der Waals surface area contributed by atoms with Gasteiger partial charge in [-0.1, -0.05) is 18.6 Å². The van der Waals surface area contributed by atoms with Crippen LogP contribution in [0.1, 0.15) is 51.0 Å². The van der Waals surface area contributed by atoms with Crippen LogP contribution in [0, 0.1) is 5.82 Å². The van der Waals surface area contributed by atoms with E-state index in [-0.39, 0.29) is 17.6 Å². The predicted molar refractivity (Wildman–Crippen MR) is 87.1 cm³/mol. The first-order chi connectivity index (χ1) is 11.1. The van der Waals surface area contributed by atoms with E-state index in [1.165, 1.54) is 19.1 Å². The number of benzene rings is 1. The topological polar surface area (TPSA) is 49.4 Å². The van der Waals surface area contributed by atoms with Crippen LogP contribution in [-0.2, 0) is 16.1 Å². The lowest BCUT2D eigenvalue weighted by Crippen LogP contribution is -2.32. The Balaban J connectivity index is 1.73.